The number of carbonyl (C=O) groups is 1. The maximum Gasteiger partial charge on any atom is 0.246 e. The molecule has 2 atom stereocenters. The Morgan fingerprint density at radius 3 is 2.73 bits per heavy atom. The molecular weight excluding hydrogens is 520 g/mol. The van der Waals surface area contributed by atoms with Crippen LogP contribution in [0.2, 0.25) is 0 Å². The quantitative estimate of drug-likeness (QED) is 0.196. The molecule has 3 aliphatic rings. The number of fused-ring (bicyclic) bond motifs is 4. The van der Waals surface area contributed by atoms with E-state index < -0.39 is 0 Å². The molecule has 208 valence electrons. The van der Waals surface area contributed by atoms with Crippen LogP contribution in [-0.4, -0.2) is 63.0 Å². The Morgan fingerprint density at radius 1 is 1.15 bits per heavy atom. The lowest BCUT2D eigenvalue weighted by Crippen LogP contribution is -2.64. The van der Waals surface area contributed by atoms with E-state index in [1.54, 1.807) is 19.3 Å². The monoisotopic (exact) mass is 550 g/mol. The van der Waals surface area contributed by atoms with Crippen LogP contribution in [0, 0.1) is 12.5 Å². The van der Waals surface area contributed by atoms with E-state index in [0.717, 1.165) is 29.8 Å². The van der Waals surface area contributed by atoms with Gasteiger partial charge >= 0.3 is 0 Å². The van der Waals surface area contributed by atoms with Gasteiger partial charge in [0.05, 0.1) is 11.9 Å². The zero-order valence-electron chi connectivity index (χ0n) is 22.8. The first-order valence-electron chi connectivity index (χ1n) is 13.4. The van der Waals surface area contributed by atoms with Gasteiger partial charge in [-0.15, -0.1) is 0 Å². The molecule has 12 nitrogen and oxygen atoms in total. The zero-order chi connectivity index (χ0) is 28.5. The van der Waals surface area contributed by atoms with Gasteiger partial charge < -0.3 is 25.2 Å². The fraction of sp³-hybridized carbons (Fsp3) is 0.276. The number of aryl methyl sites for hydroxylation is 1. The standard InChI is InChI=1S/C29H30N10O2/c1-4-26(40)38-14-20-7-6-19(38)15-39(20)29-32-13-24-27(36-29)28(34-16-33-24)35-18-5-10-25(17(2)11-18)41-21-8-9-22(31-3)23(12-21)37-30/h4-5,8-13,16,19-20,30-31H,1,6-7,14-15H2,2-3H3,(H,33,34,35). The number of anilines is 4. The van der Waals surface area contributed by atoms with Crippen molar-refractivity contribution < 1.29 is 9.53 Å². The first-order valence-corrected chi connectivity index (χ1v) is 13.4. The van der Waals surface area contributed by atoms with Crippen LogP contribution in [0.25, 0.3) is 11.0 Å². The van der Waals surface area contributed by atoms with Crippen LogP contribution in [0.3, 0.4) is 0 Å². The number of ether oxygens (including phenoxy) is 1. The second-order valence-corrected chi connectivity index (χ2v) is 10.1. The fourth-order valence-electron chi connectivity index (χ4n) is 5.52. The minimum absolute atomic E-state index is 0.0230. The molecule has 3 N–H and O–H groups in total. The summed E-state index contributed by atoms with van der Waals surface area (Å²) in [4.78, 5) is 34.7. The van der Waals surface area contributed by atoms with E-state index in [1.807, 2.05) is 42.2 Å². The Kier molecular flexibility index (Phi) is 6.88. The molecule has 3 aliphatic heterocycles. The highest BCUT2D eigenvalue weighted by molar-refractivity contribution is 5.88. The highest BCUT2D eigenvalue weighted by Gasteiger charge is 2.41. The maximum atomic E-state index is 12.3. The number of nitrogens with one attached hydrogen (secondary N) is 3. The molecule has 1 amide bonds. The SMILES string of the molecule is C=CC(=O)N1CC2CCC1CN2c1ncc2ncnc(Nc3ccc(Oc4ccc(NC)c(N=N)c4)c(C)c3)c2n1. The van der Waals surface area contributed by atoms with Crippen molar-refractivity contribution in [1.29, 1.82) is 5.53 Å². The second kappa shape index (κ2) is 10.8. The molecule has 4 aromatic rings. The van der Waals surface area contributed by atoms with Crippen LogP contribution in [0.4, 0.5) is 28.8 Å². The molecule has 2 aromatic carbocycles. The molecule has 0 spiro atoms. The molecule has 2 aromatic heterocycles. The van der Waals surface area contributed by atoms with Crippen molar-refractivity contribution in [3.8, 4) is 11.5 Å². The summed E-state index contributed by atoms with van der Waals surface area (Å²) in [6.45, 7) is 6.93. The number of benzene rings is 2. The summed E-state index contributed by atoms with van der Waals surface area (Å²) in [6.07, 6.45) is 6.54. The molecule has 3 fully saturated rings. The van der Waals surface area contributed by atoms with Gasteiger partial charge in [-0.2, -0.15) is 5.11 Å². The maximum absolute atomic E-state index is 12.3. The van der Waals surface area contributed by atoms with Crippen LogP contribution in [0.15, 0.2) is 66.7 Å². The highest BCUT2D eigenvalue weighted by Crippen LogP contribution is 2.35. The third-order valence-electron chi connectivity index (χ3n) is 7.63. The molecule has 0 saturated carbocycles. The fourth-order valence-corrected chi connectivity index (χ4v) is 5.52. The molecule has 3 saturated heterocycles. The molecule has 2 unspecified atom stereocenters. The summed E-state index contributed by atoms with van der Waals surface area (Å²) in [5.41, 5.74) is 11.6. The van der Waals surface area contributed by atoms with Crippen LogP contribution >= 0.6 is 0 Å². The van der Waals surface area contributed by atoms with E-state index in [9.17, 15) is 4.79 Å². The minimum Gasteiger partial charge on any atom is -0.457 e. The first kappa shape index (κ1) is 26.1. The second-order valence-electron chi connectivity index (χ2n) is 10.1. The van der Waals surface area contributed by atoms with Gasteiger partial charge in [0.2, 0.25) is 11.9 Å². The number of piperidine rings is 2. The first-order chi connectivity index (χ1) is 20.0. The van der Waals surface area contributed by atoms with Gasteiger partial charge in [0, 0.05) is 44.0 Å². The van der Waals surface area contributed by atoms with Crippen molar-refractivity contribution in [2.75, 3.05) is 35.7 Å². The Labute approximate surface area is 237 Å². The van der Waals surface area contributed by atoms with E-state index in [1.165, 1.54) is 12.4 Å². The van der Waals surface area contributed by atoms with E-state index in [2.05, 4.69) is 42.2 Å². The highest BCUT2D eigenvalue weighted by atomic mass is 16.5. The van der Waals surface area contributed by atoms with Gasteiger partial charge in [0.1, 0.15) is 34.5 Å². The van der Waals surface area contributed by atoms with Crippen molar-refractivity contribution in [3.63, 3.8) is 0 Å². The van der Waals surface area contributed by atoms with Gasteiger partial charge in [-0.3, -0.25) is 4.79 Å². The molecule has 0 radical (unpaired) electrons. The third-order valence-corrected chi connectivity index (χ3v) is 7.63. The van der Waals surface area contributed by atoms with Crippen LogP contribution in [0.1, 0.15) is 18.4 Å². The number of hydrogen-bond donors (Lipinski definition) is 3. The van der Waals surface area contributed by atoms with Gasteiger partial charge in [-0.1, -0.05) is 6.58 Å². The number of carbonyl (C=O) groups excluding carboxylic acids is 1. The normalized spacial score (nSPS) is 17.8. The van der Waals surface area contributed by atoms with Crippen molar-refractivity contribution in [3.05, 3.63) is 67.1 Å². The van der Waals surface area contributed by atoms with Crippen molar-refractivity contribution in [2.45, 2.75) is 31.8 Å². The van der Waals surface area contributed by atoms with Crippen molar-refractivity contribution in [1.82, 2.24) is 24.8 Å². The summed E-state index contributed by atoms with van der Waals surface area (Å²) in [7, 11) is 1.78. The summed E-state index contributed by atoms with van der Waals surface area (Å²) >= 11 is 0. The Hall–Kier alpha value is -5.13. The largest absolute Gasteiger partial charge is 0.457 e. The molecule has 2 bridgehead atoms. The molecule has 7 rings (SSSR count). The lowest BCUT2D eigenvalue weighted by atomic mass is 9.91. The third kappa shape index (κ3) is 4.99. The number of aromatic nitrogens is 4. The van der Waals surface area contributed by atoms with Crippen LogP contribution in [0.5, 0.6) is 11.5 Å². The molecule has 5 heterocycles. The lowest BCUT2D eigenvalue weighted by Gasteiger charge is -2.51. The summed E-state index contributed by atoms with van der Waals surface area (Å²) in [5.74, 6) is 2.43. The molecular formula is C29H30N10O2. The summed E-state index contributed by atoms with van der Waals surface area (Å²) in [6, 6.07) is 11.4. The topological polar surface area (TPSA) is 145 Å². The van der Waals surface area contributed by atoms with Gasteiger partial charge in [-0.05, 0) is 61.7 Å². The van der Waals surface area contributed by atoms with E-state index >= 15 is 0 Å². The van der Waals surface area contributed by atoms with Gasteiger partial charge in [0.25, 0.3) is 0 Å². The predicted molar refractivity (Wildman–Crippen MR) is 157 cm³/mol. The minimum atomic E-state index is -0.0230. The predicted octanol–water partition coefficient (Wildman–Crippen LogP) is 5.33. The van der Waals surface area contributed by atoms with Crippen molar-refractivity contribution >= 4 is 45.8 Å². The Morgan fingerprint density at radius 2 is 2.00 bits per heavy atom. The average molecular weight is 551 g/mol. The van der Waals surface area contributed by atoms with Gasteiger partial charge in [0.15, 0.2) is 5.82 Å². The summed E-state index contributed by atoms with van der Waals surface area (Å²) in [5, 5.41) is 9.96. The average Bonchev–Trinajstić information content (AvgIpc) is 3.02. The number of piperazine rings is 1. The number of rotatable bonds is 8. The zero-order valence-corrected chi connectivity index (χ0v) is 22.8. The number of hydrogen-bond acceptors (Lipinski definition) is 11. The van der Waals surface area contributed by atoms with E-state index in [4.69, 9.17) is 15.3 Å². The van der Waals surface area contributed by atoms with Gasteiger partial charge in [-0.25, -0.2) is 25.5 Å². The van der Waals surface area contributed by atoms with Crippen LogP contribution in [-0.2, 0) is 4.79 Å². The van der Waals surface area contributed by atoms with E-state index in [0.29, 0.717) is 53.1 Å². The summed E-state index contributed by atoms with van der Waals surface area (Å²) < 4.78 is 6.08. The molecule has 12 heteroatoms. The number of nitrogens with zero attached hydrogens (tertiary/aromatic N) is 7. The van der Waals surface area contributed by atoms with E-state index in [-0.39, 0.29) is 18.0 Å². The molecule has 0 aliphatic carbocycles. The van der Waals surface area contributed by atoms with Crippen molar-refractivity contribution in [2.24, 2.45) is 5.11 Å². The van der Waals surface area contributed by atoms with Crippen LogP contribution < -0.4 is 20.3 Å². The smallest absolute Gasteiger partial charge is 0.246 e. The Bertz CT molecular complexity index is 1660. The molecule has 41 heavy (non-hydrogen) atoms. The number of amides is 1. The lowest BCUT2D eigenvalue weighted by molar-refractivity contribution is -0.131. The Balaban J connectivity index is 1.23.